The van der Waals surface area contributed by atoms with Gasteiger partial charge in [0.05, 0.1) is 6.34 Å². The first-order chi connectivity index (χ1) is 13.3. The van der Waals surface area contributed by atoms with Crippen molar-refractivity contribution in [3.63, 3.8) is 0 Å². The number of carbonyl (C=O) groups excluding carboxylic acids is 1. The Balaban J connectivity index is 2.63. The maximum Gasteiger partial charge on any atom is 0.251 e. The largest absolute Gasteiger partial charge is 0.347 e. The lowest BCUT2D eigenvalue weighted by Gasteiger charge is -2.30. The van der Waals surface area contributed by atoms with Crippen molar-refractivity contribution in [2.45, 2.75) is 47.1 Å². The van der Waals surface area contributed by atoms with Gasteiger partial charge in [-0.15, -0.1) is 0 Å². The molecule has 5 nitrogen and oxygen atoms in total. The second-order valence-electron chi connectivity index (χ2n) is 9.08. The summed E-state index contributed by atoms with van der Waals surface area (Å²) >= 11 is 6.02. The number of anilines is 1. The van der Waals surface area contributed by atoms with Crippen LogP contribution in [0, 0.1) is 16.2 Å². The fourth-order valence-electron chi connectivity index (χ4n) is 2.73. The lowest BCUT2D eigenvalue weighted by molar-refractivity contribution is 0.0919. The zero-order valence-corrected chi connectivity index (χ0v) is 18.6. The molecule has 0 saturated carbocycles. The topological polar surface area (TPSA) is 80.0 Å². The third kappa shape index (κ3) is 5.91. The fraction of sp³-hybridized carbons (Fsp3) is 0.348. The highest BCUT2D eigenvalue weighted by Crippen LogP contribution is 2.30. The molecule has 0 saturated heterocycles. The maximum atomic E-state index is 12.9. The predicted octanol–water partition coefficient (Wildman–Crippen LogP) is 5.97. The second kappa shape index (κ2) is 8.37. The SMILES string of the molecule is CC(C)(C)NC(=O)c1cc(-c2ccc(Cl)cc2)cc(N(C=N)C(=N)C(C)(C)C)c1. The Labute approximate surface area is 178 Å². The van der Waals surface area contributed by atoms with Gasteiger partial charge in [-0.3, -0.25) is 20.5 Å². The van der Waals surface area contributed by atoms with Gasteiger partial charge in [-0.05, 0) is 62.2 Å². The van der Waals surface area contributed by atoms with E-state index in [9.17, 15) is 4.79 Å². The van der Waals surface area contributed by atoms with Gasteiger partial charge in [-0.1, -0.05) is 44.5 Å². The van der Waals surface area contributed by atoms with E-state index in [0.29, 0.717) is 16.3 Å². The van der Waals surface area contributed by atoms with Crippen molar-refractivity contribution in [2.24, 2.45) is 5.41 Å². The van der Waals surface area contributed by atoms with Gasteiger partial charge in [0.15, 0.2) is 0 Å². The molecule has 0 heterocycles. The lowest BCUT2D eigenvalue weighted by atomic mass is 9.93. The van der Waals surface area contributed by atoms with Crippen LogP contribution in [0.2, 0.25) is 5.02 Å². The number of benzene rings is 2. The summed E-state index contributed by atoms with van der Waals surface area (Å²) in [5.41, 5.74) is 1.93. The smallest absolute Gasteiger partial charge is 0.251 e. The van der Waals surface area contributed by atoms with Gasteiger partial charge in [0, 0.05) is 27.2 Å². The predicted molar refractivity (Wildman–Crippen MR) is 123 cm³/mol. The summed E-state index contributed by atoms with van der Waals surface area (Å²) in [6, 6.07) is 12.8. The van der Waals surface area contributed by atoms with Crippen molar-refractivity contribution in [1.29, 1.82) is 10.8 Å². The Bertz CT molecular complexity index is 921. The molecular formula is C23H29ClN4O. The first-order valence-electron chi connectivity index (χ1n) is 9.44. The molecule has 0 aliphatic rings. The molecular weight excluding hydrogens is 384 g/mol. The molecule has 0 bridgehead atoms. The average molecular weight is 413 g/mol. The highest BCUT2D eigenvalue weighted by molar-refractivity contribution is 6.30. The van der Waals surface area contributed by atoms with E-state index in [4.69, 9.17) is 22.4 Å². The quantitative estimate of drug-likeness (QED) is 0.427. The van der Waals surface area contributed by atoms with Crippen LogP contribution in [-0.2, 0) is 0 Å². The van der Waals surface area contributed by atoms with Crippen LogP contribution in [0.1, 0.15) is 51.9 Å². The number of amides is 1. The van der Waals surface area contributed by atoms with Gasteiger partial charge < -0.3 is 5.32 Å². The molecule has 154 valence electrons. The van der Waals surface area contributed by atoms with Crippen molar-refractivity contribution >= 4 is 35.4 Å². The minimum Gasteiger partial charge on any atom is -0.347 e. The molecule has 0 aromatic heterocycles. The van der Waals surface area contributed by atoms with Crippen LogP contribution >= 0.6 is 11.6 Å². The molecule has 0 radical (unpaired) electrons. The lowest BCUT2D eigenvalue weighted by Crippen LogP contribution is -2.41. The summed E-state index contributed by atoms with van der Waals surface area (Å²) in [6.07, 6.45) is 1.11. The summed E-state index contributed by atoms with van der Waals surface area (Å²) in [4.78, 5) is 14.4. The minimum absolute atomic E-state index is 0.207. The number of hydrogen-bond acceptors (Lipinski definition) is 3. The number of rotatable bonds is 4. The molecule has 3 N–H and O–H groups in total. The molecule has 1 amide bonds. The normalized spacial score (nSPS) is 11.7. The molecule has 2 aromatic rings. The van der Waals surface area contributed by atoms with Crippen molar-refractivity contribution in [1.82, 2.24) is 5.32 Å². The second-order valence-corrected chi connectivity index (χ2v) is 9.51. The van der Waals surface area contributed by atoms with E-state index in [2.05, 4.69) is 5.32 Å². The molecule has 0 aliphatic carbocycles. The number of hydrogen-bond donors (Lipinski definition) is 3. The van der Waals surface area contributed by atoms with E-state index in [-0.39, 0.29) is 17.3 Å². The third-order valence-corrected chi connectivity index (χ3v) is 4.46. The summed E-state index contributed by atoms with van der Waals surface area (Å²) in [5, 5.41) is 20.0. The molecule has 2 rings (SSSR count). The summed E-state index contributed by atoms with van der Waals surface area (Å²) in [7, 11) is 0. The van der Waals surface area contributed by atoms with Crippen LogP contribution in [0.15, 0.2) is 42.5 Å². The Hall–Kier alpha value is -2.66. The molecule has 0 aliphatic heterocycles. The molecule has 0 spiro atoms. The monoisotopic (exact) mass is 412 g/mol. The van der Waals surface area contributed by atoms with Crippen LogP contribution in [0.4, 0.5) is 5.69 Å². The number of carbonyl (C=O) groups is 1. The zero-order chi connectivity index (χ0) is 22.0. The van der Waals surface area contributed by atoms with Crippen LogP contribution < -0.4 is 10.2 Å². The Morgan fingerprint density at radius 3 is 2.07 bits per heavy atom. The van der Waals surface area contributed by atoms with Crippen molar-refractivity contribution in [2.75, 3.05) is 4.90 Å². The number of nitrogens with zero attached hydrogens (tertiary/aromatic N) is 1. The molecule has 0 atom stereocenters. The van der Waals surface area contributed by atoms with Gasteiger partial charge in [-0.25, -0.2) is 0 Å². The van der Waals surface area contributed by atoms with Crippen molar-refractivity contribution < 1.29 is 4.79 Å². The van der Waals surface area contributed by atoms with Gasteiger partial charge in [-0.2, -0.15) is 0 Å². The van der Waals surface area contributed by atoms with E-state index in [1.54, 1.807) is 18.2 Å². The Morgan fingerprint density at radius 2 is 1.59 bits per heavy atom. The summed E-state index contributed by atoms with van der Waals surface area (Å²) < 4.78 is 0. The molecule has 2 aromatic carbocycles. The molecule has 0 fully saturated rings. The fourth-order valence-corrected chi connectivity index (χ4v) is 2.86. The highest BCUT2D eigenvalue weighted by atomic mass is 35.5. The number of amidine groups is 1. The van der Waals surface area contributed by atoms with Crippen LogP contribution in [0.3, 0.4) is 0 Å². The zero-order valence-electron chi connectivity index (χ0n) is 17.9. The minimum atomic E-state index is -0.457. The van der Waals surface area contributed by atoms with Crippen molar-refractivity contribution in [3.05, 3.63) is 53.1 Å². The standard InChI is InChI=1S/C23H29ClN4O/c1-22(2,3)21(26)28(14-25)19-12-16(15-7-9-18(24)10-8-15)11-17(13-19)20(29)27-23(4,5)6/h7-14,25-26H,1-6H3,(H,27,29). The molecule has 0 unspecified atom stereocenters. The third-order valence-electron chi connectivity index (χ3n) is 4.20. The average Bonchev–Trinajstić information content (AvgIpc) is 2.60. The van der Waals surface area contributed by atoms with E-state index in [1.807, 2.05) is 65.8 Å². The van der Waals surface area contributed by atoms with E-state index in [1.165, 1.54) is 4.90 Å². The maximum absolute atomic E-state index is 12.9. The van der Waals surface area contributed by atoms with E-state index in [0.717, 1.165) is 17.5 Å². The Morgan fingerprint density at radius 1 is 1.00 bits per heavy atom. The molecule has 29 heavy (non-hydrogen) atoms. The highest BCUT2D eigenvalue weighted by Gasteiger charge is 2.25. The van der Waals surface area contributed by atoms with E-state index >= 15 is 0 Å². The van der Waals surface area contributed by atoms with Crippen LogP contribution in [0.25, 0.3) is 11.1 Å². The summed E-state index contributed by atoms with van der Waals surface area (Å²) in [5.74, 6) is 0.0599. The van der Waals surface area contributed by atoms with Gasteiger partial charge >= 0.3 is 0 Å². The van der Waals surface area contributed by atoms with Crippen LogP contribution in [0.5, 0.6) is 0 Å². The first kappa shape index (κ1) is 22.6. The first-order valence-corrected chi connectivity index (χ1v) is 9.82. The van der Waals surface area contributed by atoms with Crippen LogP contribution in [-0.4, -0.2) is 23.6 Å². The number of halogens is 1. The van der Waals surface area contributed by atoms with Gasteiger partial charge in [0.25, 0.3) is 5.91 Å². The van der Waals surface area contributed by atoms with Gasteiger partial charge in [0.2, 0.25) is 0 Å². The number of nitrogens with one attached hydrogen (secondary N) is 3. The van der Waals surface area contributed by atoms with Crippen molar-refractivity contribution in [3.8, 4) is 11.1 Å². The van der Waals surface area contributed by atoms with E-state index < -0.39 is 5.41 Å². The summed E-state index contributed by atoms with van der Waals surface area (Å²) in [6.45, 7) is 11.5. The molecule has 6 heteroatoms. The van der Waals surface area contributed by atoms with Gasteiger partial charge in [0.1, 0.15) is 5.84 Å². The Kier molecular flexibility index (Phi) is 6.53.